The second-order valence-electron chi connectivity index (χ2n) is 6.20. The largest absolute Gasteiger partial charge is 0.494 e. The molecule has 8 heteroatoms. The lowest BCUT2D eigenvalue weighted by atomic mass is 10.0. The van der Waals surface area contributed by atoms with Crippen molar-refractivity contribution in [1.29, 1.82) is 0 Å². The van der Waals surface area contributed by atoms with Gasteiger partial charge < -0.3 is 15.2 Å². The number of thiazole rings is 1. The highest BCUT2D eigenvalue weighted by Gasteiger charge is 2.17. The van der Waals surface area contributed by atoms with Gasteiger partial charge in [-0.15, -0.1) is 0 Å². The van der Waals surface area contributed by atoms with Crippen LogP contribution in [0.15, 0.2) is 24.3 Å². The molecule has 0 saturated heterocycles. The van der Waals surface area contributed by atoms with Crippen LogP contribution in [0.3, 0.4) is 0 Å². The van der Waals surface area contributed by atoms with Crippen LogP contribution in [0.25, 0.3) is 10.2 Å². The molecule has 0 bridgehead atoms. The van der Waals surface area contributed by atoms with Crippen molar-refractivity contribution in [2.75, 3.05) is 17.7 Å². The Morgan fingerprint density at radius 3 is 2.33 bits per heavy atom. The third-order valence-electron chi connectivity index (χ3n) is 4.07. The van der Waals surface area contributed by atoms with Crippen LogP contribution >= 0.6 is 11.3 Å². The maximum atomic E-state index is 12.8. The number of methoxy groups -OCH3 is 1. The Labute approximate surface area is 160 Å². The van der Waals surface area contributed by atoms with Crippen molar-refractivity contribution in [3.63, 3.8) is 0 Å². The molecule has 0 spiro atoms. The van der Waals surface area contributed by atoms with Gasteiger partial charge >= 0.3 is 6.09 Å². The van der Waals surface area contributed by atoms with Crippen LogP contribution in [0, 0.1) is 20.8 Å². The molecular weight excluding hydrogens is 366 g/mol. The van der Waals surface area contributed by atoms with Crippen LogP contribution in [0.1, 0.15) is 27.0 Å². The number of hydrogen-bond donors (Lipinski definition) is 3. The van der Waals surface area contributed by atoms with Gasteiger partial charge in [0.1, 0.15) is 11.3 Å². The Bertz CT molecular complexity index is 1040. The molecule has 3 rings (SSSR count). The summed E-state index contributed by atoms with van der Waals surface area (Å²) >= 11 is 1.14. The van der Waals surface area contributed by atoms with Crippen molar-refractivity contribution in [1.82, 2.24) is 4.98 Å². The first kappa shape index (κ1) is 18.7. The topological polar surface area (TPSA) is 101 Å². The molecule has 140 valence electrons. The number of amides is 2. The first-order chi connectivity index (χ1) is 12.8. The predicted octanol–water partition coefficient (Wildman–Crippen LogP) is 4.57. The van der Waals surface area contributed by atoms with Crippen LogP contribution in [-0.4, -0.2) is 29.2 Å². The van der Waals surface area contributed by atoms with Crippen molar-refractivity contribution in [2.45, 2.75) is 20.8 Å². The van der Waals surface area contributed by atoms with Crippen LogP contribution in [0.2, 0.25) is 0 Å². The lowest BCUT2D eigenvalue weighted by molar-refractivity contribution is 0.102. The van der Waals surface area contributed by atoms with E-state index in [-0.39, 0.29) is 11.0 Å². The number of carbonyl (C=O) groups excluding carboxylic acids is 1. The highest BCUT2D eigenvalue weighted by Crippen LogP contribution is 2.34. The molecule has 2 aromatic carbocycles. The van der Waals surface area contributed by atoms with Gasteiger partial charge in [-0.25, -0.2) is 9.78 Å². The standard InChI is InChI=1S/C19H19N3O4S/c1-9-5-10(2)15(11(3)6-9)20-17(23)12-7-13(26-4)16-14(8-12)27-18(21-16)22-19(24)25/h5-8H,1-4H3,(H,20,23)(H,21,22)(H,24,25). The number of ether oxygens (including phenoxy) is 1. The quantitative estimate of drug-likeness (QED) is 0.611. The van der Waals surface area contributed by atoms with Crippen molar-refractivity contribution in [3.05, 3.63) is 46.5 Å². The number of carbonyl (C=O) groups is 2. The van der Waals surface area contributed by atoms with E-state index in [0.717, 1.165) is 33.7 Å². The number of carboxylic acid groups (broad SMARTS) is 1. The van der Waals surface area contributed by atoms with Crippen molar-refractivity contribution in [2.24, 2.45) is 0 Å². The molecule has 0 aliphatic heterocycles. The minimum Gasteiger partial charge on any atom is -0.494 e. The third-order valence-corrected chi connectivity index (χ3v) is 4.99. The van der Waals surface area contributed by atoms with Gasteiger partial charge in [-0.1, -0.05) is 29.0 Å². The zero-order valence-corrected chi connectivity index (χ0v) is 16.2. The van der Waals surface area contributed by atoms with Crippen LogP contribution in [0.5, 0.6) is 5.75 Å². The lowest BCUT2D eigenvalue weighted by Crippen LogP contribution is -2.14. The first-order valence-electron chi connectivity index (χ1n) is 8.16. The summed E-state index contributed by atoms with van der Waals surface area (Å²) in [6, 6.07) is 7.30. The molecule has 0 saturated carbocycles. The molecule has 0 unspecified atom stereocenters. The monoisotopic (exact) mass is 385 g/mol. The summed E-state index contributed by atoms with van der Waals surface area (Å²) in [7, 11) is 1.48. The fourth-order valence-corrected chi connectivity index (χ4v) is 3.91. The van der Waals surface area contributed by atoms with Gasteiger partial charge in [-0.3, -0.25) is 10.1 Å². The van der Waals surface area contributed by atoms with Gasteiger partial charge in [-0.05, 0) is 44.0 Å². The zero-order valence-electron chi connectivity index (χ0n) is 15.3. The number of hydrogen-bond acceptors (Lipinski definition) is 5. The Balaban J connectivity index is 1.98. The number of nitrogens with zero attached hydrogens (tertiary/aromatic N) is 1. The average molecular weight is 385 g/mol. The second-order valence-corrected chi connectivity index (χ2v) is 7.23. The number of fused-ring (bicyclic) bond motifs is 1. The van der Waals surface area contributed by atoms with E-state index in [0.29, 0.717) is 21.5 Å². The average Bonchev–Trinajstić information content (AvgIpc) is 2.98. The highest BCUT2D eigenvalue weighted by atomic mass is 32.1. The summed E-state index contributed by atoms with van der Waals surface area (Å²) in [5.74, 6) is 0.135. The molecule has 0 fully saturated rings. The van der Waals surface area contributed by atoms with Gasteiger partial charge in [0.25, 0.3) is 5.91 Å². The van der Waals surface area contributed by atoms with E-state index in [4.69, 9.17) is 9.84 Å². The minimum absolute atomic E-state index is 0.221. The van der Waals surface area contributed by atoms with E-state index in [1.807, 2.05) is 32.9 Å². The molecule has 3 N–H and O–H groups in total. The van der Waals surface area contributed by atoms with Crippen molar-refractivity contribution in [3.8, 4) is 5.75 Å². The molecule has 0 aliphatic rings. The number of anilines is 2. The summed E-state index contributed by atoms with van der Waals surface area (Å²) in [5, 5.41) is 14.3. The van der Waals surface area contributed by atoms with E-state index in [1.54, 1.807) is 12.1 Å². The molecule has 3 aromatic rings. The van der Waals surface area contributed by atoms with E-state index in [1.165, 1.54) is 7.11 Å². The van der Waals surface area contributed by atoms with Gasteiger partial charge in [0.05, 0.1) is 11.8 Å². The van der Waals surface area contributed by atoms with E-state index < -0.39 is 6.09 Å². The number of benzene rings is 2. The summed E-state index contributed by atoms with van der Waals surface area (Å²) in [6.45, 7) is 5.91. The smallest absolute Gasteiger partial charge is 0.410 e. The van der Waals surface area contributed by atoms with Gasteiger partial charge in [-0.2, -0.15) is 0 Å². The maximum absolute atomic E-state index is 12.8. The van der Waals surface area contributed by atoms with E-state index in [9.17, 15) is 9.59 Å². The van der Waals surface area contributed by atoms with Crippen molar-refractivity contribution >= 4 is 44.4 Å². The molecule has 2 amide bonds. The lowest BCUT2D eigenvalue weighted by Gasteiger charge is -2.13. The maximum Gasteiger partial charge on any atom is 0.410 e. The van der Waals surface area contributed by atoms with Gasteiger partial charge in [0.15, 0.2) is 5.13 Å². The zero-order chi connectivity index (χ0) is 19.7. The molecule has 7 nitrogen and oxygen atoms in total. The Morgan fingerprint density at radius 1 is 1.07 bits per heavy atom. The first-order valence-corrected chi connectivity index (χ1v) is 8.98. The van der Waals surface area contributed by atoms with Crippen LogP contribution < -0.4 is 15.4 Å². The minimum atomic E-state index is -1.20. The fourth-order valence-electron chi connectivity index (χ4n) is 2.99. The number of nitrogens with one attached hydrogen (secondary N) is 2. The molecule has 1 aromatic heterocycles. The second kappa shape index (κ2) is 7.24. The number of rotatable bonds is 4. The predicted molar refractivity (Wildman–Crippen MR) is 106 cm³/mol. The molecular formula is C19H19N3O4S. The highest BCUT2D eigenvalue weighted by molar-refractivity contribution is 7.22. The Kier molecular flexibility index (Phi) is 5.00. The SMILES string of the molecule is COc1cc(C(=O)Nc2c(C)cc(C)cc2C)cc2sc(NC(=O)O)nc12. The third kappa shape index (κ3) is 3.85. The summed E-state index contributed by atoms with van der Waals surface area (Å²) in [6.07, 6.45) is -1.20. The summed E-state index contributed by atoms with van der Waals surface area (Å²) in [4.78, 5) is 27.8. The summed E-state index contributed by atoms with van der Waals surface area (Å²) < 4.78 is 5.99. The summed E-state index contributed by atoms with van der Waals surface area (Å²) in [5.41, 5.74) is 4.80. The molecule has 0 aliphatic carbocycles. The Hall–Kier alpha value is -3.13. The number of aryl methyl sites for hydroxylation is 3. The van der Waals surface area contributed by atoms with Gasteiger partial charge in [0.2, 0.25) is 0 Å². The normalized spacial score (nSPS) is 10.7. The van der Waals surface area contributed by atoms with E-state index >= 15 is 0 Å². The van der Waals surface area contributed by atoms with Crippen molar-refractivity contribution < 1.29 is 19.4 Å². The van der Waals surface area contributed by atoms with E-state index in [2.05, 4.69) is 15.6 Å². The number of aromatic nitrogens is 1. The molecule has 1 heterocycles. The Morgan fingerprint density at radius 2 is 1.74 bits per heavy atom. The van der Waals surface area contributed by atoms with Crippen LogP contribution in [-0.2, 0) is 0 Å². The molecule has 0 atom stereocenters. The molecule has 0 radical (unpaired) electrons. The molecule has 27 heavy (non-hydrogen) atoms. The van der Waals surface area contributed by atoms with Crippen LogP contribution in [0.4, 0.5) is 15.6 Å². The fraction of sp³-hybridized carbons (Fsp3) is 0.211. The van der Waals surface area contributed by atoms with Gasteiger partial charge in [0, 0.05) is 11.3 Å².